The van der Waals surface area contributed by atoms with Crippen LogP contribution in [0.1, 0.15) is 19.3 Å². The first-order valence-corrected chi connectivity index (χ1v) is 7.50. The number of ether oxygens (including phenoxy) is 1. The smallest absolute Gasteiger partial charge is 0.308 e. The van der Waals surface area contributed by atoms with Gasteiger partial charge in [-0.2, -0.15) is 0 Å². The van der Waals surface area contributed by atoms with Crippen LogP contribution in [0.2, 0.25) is 0 Å². The van der Waals surface area contributed by atoms with Gasteiger partial charge in [0.2, 0.25) is 0 Å². The molecule has 114 valence electrons. The molecular weight excluding hydrogens is 278 g/mol. The zero-order valence-electron chi connectivity index (χ0n) is 12.5. The maximum absolute atomic E-state index is 11.5. The van der Waals surface area contributed by atoms with Crippen molar-refractivity contribution in [3.05, 3.63) is 42.5 Å². The highest BCUT2D eigenvalue weighted by molar-refractivity contribution is 5.72. The molecule has 0 bridgehead atoms. The molecule has 0 radical (unpaired) electrons. The number of nitrogens with one attached hydrogen (secondary N) is 1. The van der Waals surface area contributed by atoms with Crippen LogP contribution in [0.3, 0.4) is 0 Å². The number of aromatic nitrogens is 2. The van der Waals surface area contributed by atoms with E-state index < -0.39 is 0 Å². The van der Waals surface area contributed by atoms with Crippen molar-refractivity contribution in [2.75, 3.05) is 12.4 Å². The molecule has 0 saturated heterocycles. The van der Waals surface area contributed by atoms with Crippen LogP contribution in [-0.2, 0) is 9.53 Å². The zero-order chi connectivity index (χ0) is 15.4. The minimum absolute atomic E-state index is 0.000879. The summed E-state index contributed by atoms with van der Waals surface area (Å²) in [4.78, 5) is 11.5. The van der Waals surface area contributed by atoms with E-state index in [9.17, 15) is 4.79 Å². The van der Waals surface area contributed by atoms with Gasteiger partial charge in [-0.15, -0.1) is 10.2 Å². The number of benzene rings is 1. The summed E-state index contributed by atoms with van der Waals surface area (Å²) in [5, 5.41) is 11.8. The largest absolute Gasteiger partial charge is 0.469 e. The maximum atomic E-state index is 11.5. The minimum atomic E-state index is -0.116. The van der Waals surface area contributed by atoms with Crippen LogP contribution in [0.15, 0.2) is 42.5 Å². The van der Waals surface area contributed by atoms with E-state index in [2.05, 4.69) is 15.5 Å². The van der Waals surface area contributed by atoms with Crippen LogP contribution in [0.5, 0.6) is 0 Å². The van der Waals surface area contributed by atoms with E-state index in [1.54, 1.807) is 0 Å². The van der Waals surface area contributed by atoms with Gasteiger partial charge in [0, 0.05) is 11.6 Å². The highest BCUT2D eigenvalue weighted by Gasteiger charge is 2.30. The summed E-state index contributed by atoms with van der Waals surface area (Å²) in [6.45, 7) is 0. The van der Waals surface area contributed by atoms with E-state index in [0.717, 1.165) is 36.3 Å². The van der Waals surface area contributed by atoms with Gasteiger partial charge in [-0.3, -0.25) is 4.79 Å². The third kappa shape index (κ3) is 3.24. The van der Waals surface area contributed by atoms with Gasteiger partial charge in [-0.1, -0.05) is 30.3 Å². The monoisotopic (exact) mass is 297 g/mol. The highest BCUT2D eigenvalue weighted by atomic mass is 16.5. The Balaban J connectivity index is 1.61. The van der Waals surface area contributed by atoms with Gasteiger partial charge in [-0.05, 0) is 31.4 Å². The lowest BCUT2D eigenvalue weighted by molar-refractivity contribution is -0.145. The van der Waals surface area contributed by atoms with Gasteiger partial charge in [0.25, 0.3) is 0 Å². The standard InChI is InChI=1S/C17H19N3O2/c1-22-17(21)13-7-8-14(11-13)18-16-10-9-15(19-20-16)12-5-3-2-4-6-12/h2-6,9-10,13-14H,7-8,11H2,1H3,(H,18,20). The van der Waals surface area contributed by atoms with Gasteiger partial charge >= 0.3 is 5.97 Å². The minimum Gasteiger partial charge on any atom is -0.469 e. The molecule has 3 rings (SSSR count). The number of nitrogens with zero attached hydrogens (tertiary/aromatic N) is 2. The lowest BCUT2D eigenvalue weighted by Crippen LogP contribution is -2.19. The van der Waals surface area contributed by atoms with Gasteiger partial charge in [0.15, 0.2) is 0 Å². The fourth-order valence-electron chi connectivity index (χ4n) is 2.87. The Kier molecular flexibility index (Phi) is 4.32. The van der Waals surface area contributed by atoms with Crippen molar-refractivity contribution in [2.24, 2.45) is 5.92 Å². The molecule has 5 nitrogen and oxygen atoms in total. The normalized spacial score (nSPS) is 20.6. The molecule has 22 heavy (non-hydrogen) atoms. The van der Waals surface area contributed by atoms with Crippen LogP contribution >= 0.6 is 0 Å². The molecule has 0 amide bonds. The molecular formula is C17H19N3O2. The third-order valence-electron chi connectivity index (χ3n) is 4.05. The average molecular weight is 297 g/mol. The van der Waals surface area contributed by atoms with E-state index in [1.807, 2.05) is 42.5 Å². The number of anilines is 1. The van der Waals surface area contributed by atoms with Gasteiger partial charge in [-0.25, -0.2) is 0 Å². The summed E-state index contributed by atoms with van der Waals surface area (Å²) in [6, 6.07) is 14.1. The lowest BCUT2D eigenvalue weighted by atomic mass is 10.1. The third-order valence-corrected chi connectivity index (χ3v) is 4.05. The molecule has 1 fully saturated rings. The second kappa shape index (κ2) is 6.56. The van der Waals surface area contributed by atoms with Gasteiger partial charge in [0.1, 0.15) is 5.82 Å². The first-order valence-electron chi connectivity index (χ1n) is 7.50. The topological polar surface area (TPSA) is 64.1 Å². The van der Waals surface area contributed by atoms with E-state index in [1.165, 1.54) is 7.11 Å². The van der Waals surface area contributed by atoms with Crippen molar-refractivity contribution in [1.82, 2.24) is 10.2 Å². The van der Waals surface area contributed by atoms with E-state index >= 15 is 0 Å². The van der Waals surface area contributed by atoms with Crippen molar-refractivity contribution in [2.45, 2.75) is 25.3 Å². The summed E-state index contributed by atoms with van der Waals surface area (Å²) >= 11 is 0. The summed E-state index contributed by atoms with van der Waals surface area (Å²) in [6.07, 6.45) is 2.59. The molecule has 1 N–H and O–H groups in total. The molecule has 1 aliphatic rings. The summed E-state index contributed by atoms with van der Waals surface area (Å²) < 4.78 is 4.80. The van der Waals surface area contributed by atoms with E-state index in [0.29, 0.717) is 0 Å². The fourth-order valence-corrected chi connectivity index (χ4v) is 2.87. The van der Waals surface area contributed by atoms with Gasteiger partial charge in [0.05, 0.1) is 18.7 Å². The van der Waals surface area contributed by atoms with Crippen LogP contribution in [-0.4, -0.2) is 29.3 Å². The quantitative estimate of drug-likeness (QED) is 0.879. The molecule has 0 aliphatic heterocycles. The van der Waals surface area contributed by atoms with Crippen molar-refractivity contribution in [1.29, 1.82) is 0 Å². The first-order chi connectivity index (χ1) is 10.8. The molecule has 1 aliphatic carbocycles. The number of hydrogen-bond donors (Lipinski definition) is 1. The molecule has 5 heteroatoms. The van der Waals surface area contributed by atoms with Crippen LogP contribution in [0, 0.1) is 5.92 Å². The second-order valence-corrected chi connectivity index (χ2v) is 5.54. The van der Waals surface area contributed by atoms with E-state index in [4.69, 9.17) is 4.74 Å². The van der Waals surface area contributed by atoms with Crippen LogP contribution in [0.4, 0.5) is 5.82 Å². The Morgan fingerprint density at radius 2 is 1.95 bits per heavy atom. The van der Waals surface area contributed by atoms with Crippen molar-refractivity contribution < 1.29 is 9.53 Å². The van der Waals surface area contributed by atoms with Gasteiger partial charge < -0.3 is 10.1 Å². The molecule has 1 aromatic heterocycles. The average Bonchev–Trinajstić information content (AvgIpc) is 3.04. The summed E-state index contributed by atoms with van der Waals surface area (Å²) in [7, 11) is 1.44. The zero-order valence-corrected chi connectivity index (χ0v) is 12.5. The molecule has 2 aromatic rings. The van der Waals surface area contributed by atoms with E-state index in [-0.39, 0.29) is 17.9 Å². The fraction of sp³-hybridized carbons (Fsp3) is 0.353. The molecule has 1 heterocycles. The second-order valence-electron chi connectivity index (χ2n) is 5.54. The predicted molar refractivity (Wildman–Crippen MR) is 84.2 cm³/mol. The number of rotatable bonds is 4. The summed E-state index contributed by atoms with van der Waals surface area (Å²) in [5.74, 6) is 0.629. The molecule has 1 saturated carbocycles. The Hall–Kier alpha value is -2.43. The Labute approximate surface area is 129 Å². The summed E-state index contributed by atoms with van der Waals surface area (Å²) in [5.41, 5.74) is 1.90. The first kappa shape index (κ1) is 14.5. The number of hydrogen-bond acceptors (Lipinski definition) is 5. The number of esters is 1. The van der Waals surface area contributed by atoms with Crippen molar-refractivity contribution >= 4 is 11.8 Å². The number of methoxy groups -OCH3 is 1. The number of carbonyl (C=O) groups is 1. The SMILES string of the molecule is COC(=O)C1CCC(Nc2ccc(-c3ccccc3)nn2)C1. The maximum Gasteiger partial charge on any atom is 0.308 e. The van der Waals surface area contributed by atoms with Crippen LogP contribution < -0.4 is 5.32 Å². The highest BCUT2D eigenvalue weighted by Crippen LogP contribution is 2.28. The predicted octanol–water partition coefficient (Wildman–Crippen LogP) is 2.90. The Morgan fingerprint density at radius 3 is 2.64 bits per heavy atom. The number of carbonyl (C=O) groups excluding carboxylic acids is 1. The molecule has 1 aromatic carbocycles. The Bertz CT molecular complexity index is 628. The van der Waals surface area contributed by atoms with Crippen LogP contribution in [0.25, 0.3) is 11.3 Å². The lowest BCUT2D eigenvalue weighted by Gasteiger charge is -2.13. The molecule has 0 spiro atoms. The van der Waals surface area contributed by atoms with Crippen molar-refractivity contribution in [3.8, 4) is 11.3 Å². The Morgan fingerprint density at radius 1 is 1.14 bits per heavy atom. The molecule has 2 unspecified atom stereocenters. The van der Waals surface area contributed by atoms with Crippen molar-refractivity contribution in [3.63, 3.8) is 0 Å². The molecule has 2 atom stereocenters.